The van der Waals surface area contributed by atoms with E-state index in [0.717, 1.165) is 31.4 Å². The van der Waals surface area contributed by atoms with Crippen LogP contribution in [0.2, 0.25) is 0 Å². The summed E-state index contributed by atoms with van der Waals surface area (Å²) in [7, 11) is 0. The molecule has 2 aliphatic carbocycles. The van der Waals surface area contributed by atoms with Crippen LogP contribution >= 0.6 is 11.8 Å². The van der Waals surface area contributed by atoms with E-state index in [4.69, 9.17) is 10.5 Å². The highest BCUT2D eigenvalue weighted by molar-refractivity contribution is 7.98. The standard InChI is InChI=1S/C19H24N4O4S/c1-28-6-4-14-17(25)23(18(26)22-14)11-7-19(8-11)9-12(10-19)27-16-13(15(20)24)3-2-5-21-16/h2-3,5,11-12,14H,4,6-10H2,1H3,(H2,20,24)(H,22,26)/t11?,12?,14-,19?/m0/s1. The number of nitrogens with two attached hydrogens (primary N) is 1. The van der Waals surface area contributed by atoms with E-state index < -0.39 is 5.91 Å². The molecule has 3 N–H and O–H groups in total. The van der Waals surface area contributed by atoms with Crippen molar-refractivity contribution in [2.75, 3.05) is 12.0 Å². The topological polar surface area (TPSA) is 115 Å². The molecule has 0 aromatic carbocycles. The highest BCUT2D eigenvalue weighted by Crippen LogP contribution is 2.58. The number of carbonyl (C=O) groups is 3. The van der Waals surface area contributed by atoms with Crippen LogP contribution < -0.4 is 15.8 Å². The highest BCUT2D eigenvalue weighted by atomic mass is 32.2. The summed E-state index contributed by atoms with van der Waals surface area (Å²) in [5, 5.41) is 2.81. The number of pyridine rings is 1. The van der Waals surface area contributed by atoms with Crippen molar-refractivity contribution < 1.29 is 19.1 Å². The summed E-state index contributed by atoms with van der Waals surface area (Å²) in [6.07, 6.45) is 7.49. The summed E-state index contributed by atoms with van der Waals surface area (Å²) in [4.78, 5) is 41.8. The molecule has 3 aliphatic rings. The normalized spacial score (nSPS) is 31.3. The van der Waals surface area contributed by atoms with Crippen molar-refractivity contribution in [2.45, 2.75) is 50.3 Å². The van der Waals surface area contributed by atoms with Gasteiger partial charge in [0, 0.05) is 12.2 Å². The molecule has 2 saturated carbocycles. The molecule has 4 rings (SSSR count). The molecule has 4 amide bonds. The fraction of sp³-hybridized carbons (Fsp3) is 0.579. The number of thioether (sulfide) groups is 1. The van der Waals surface area contributed by atoms with Crippen molar-refractivity contribution in [3.05, 3.63) is 23.9 Å². The fourth-order valence-corrected chi connectivity index (χ4v) is 5.07. The van der Waals surface area contributed by atoms with E-state index in [-0.39, 0.29) is 47.0 Å². The van der Waals surface area contributed by atoms with Crippen LogP contribution in [0.25, 0.3) is 0 Å². The maximum atomic E-state index is 12.5. The summed E-state index contributed by atoms with van der Waals surface area (Å²) in [6, 6.07) is 2.58. The zero-order valence-electron chi connectivity index (χ0n) is 15.7. The molecule has 1 atom stereocenters. The number of rotatable bonds is 7. The van der Waals surface area contributed by atoms with Crippen LogP contribution in [-0.4, -0.2) is 57.9 Å². The zero-order valence-corrected chi connectivity index (χ0v) is 16.5. The van der Waals surface area contributed by atoms with Gasteiger partial charge in [-0.2, -0.15) is 11.8 Å². The van der Waals surface area contributed by atoms with Gasteiger partial charge in [-0.1, -0.05) is 0 Å². The minimum absolute atomic E-state index is 0.0219. The van der Waals surface area contributed by atoms with E-state index >= 15 is 0 Å². The van der Waals surface area contributed by atoms with E-state index in [2.05, 4.69) is 10.3 Å². The number of hydrogen-bond acceptors (Lipinski definition) is 6. The van der Waals surface area contributed by atoms with Crippen molar-refractivity contribution in [1.82, 2.24) is 15.2 Å². The first-order valence-electron chi connectivity index (χ1n) is 9.46. The molecular formula is C19H24N4O4S. The molecule has 0 radical (unpaired) electrons. The van der Waals surface area contributed by atoms with E-state index in [1.165, 1.54) is 4.90 Å². The predicted molar refractivity (Wildman–Crippen MR) is 104 cm³/mol. The minimum atomic E-state index is -0.560. The van der Waals surface area contributed by atoms with Crippen LogP contribution in [0.4, 0.5) is 4.79 Å². The van der Waals surface area contributed by atoms with E-state index in [9.17, 15) is 14.4 Å². The Bertz CT molecular complexity index is 803. The van der Waals surface area contributed by atoms with Crippen LogP contribution in [0, 0.1) is 5.41 Å². The smallest absolute Gasteiger partial charge is 0.325 e. The maximum Gasteiger partial charge on any atom is 0.325 e. The number of nitrogens with zero attached hydrogens (tertiary/aromatic N) is 2. The number of urea groups is 1. The molecule has 1 aromatic heterocycles. The molecular weight excluding hydrogens is 380 g/mol. The third-order valence-corrected chi connectivity index (χ3v) is 6.65. The molecule has 1 saturated heterocycles. The van der Waals surface area contributed by atoms with Crippen molar-refractivity contribution in [3.8, 4) is 5.88 Å². The molecule has 1 aliphatic heterocycles. The molecule has 28 heavy (non-hydrogen) atoms. The Morgan fingerprint density at radius 1 is 1.39 bits per heavy atom. The Balaban J connectivity index is 1.29. The van der Waals surface area contributed by atoms with Crippen molar-refractivity contribution in [3.63, 3.8) is 0 Å². The summed E-state index contributed by atoms with van der Waals surface area (Å²) in [6.45, 7) is 0. The van der Waals surface area contributed by atoms with Crippen molar-refractivity contribution >= 4 is 29.6 Å². The first-order valence-corrected chi connectivity index (χ1v) is 10.9. The van der Waals surface area contributed by atoms with Crippen LogP contribution in [0.5, 0.6) is 5.88 Å². The van der Waals surface area contributed by atoms with Crippen LogP contribution in [0.15, 0.2) is 18.3 Å². The Labute approximate surface area is 167 Å². The first-order chi connectivity index (χ1) is 13.4. The molecule has 2 heterocycles. The zero-order chi connectivity index (χ0) is 19.9. The molecule has 150 valence electrons. The molecule has 3 fully saturated rings. The van der Waals surface area contributed by atoms with E-state index in [1.54, 1.807) is 30.1 Å². The predicted octanol–water partition coefficient (Wildman–Crippen LogP) is 1.54. The summed E-state index contributed by atoms with van der Waals surface area (Å²) >= 11 is 1.67. The van der Waals surface area contributed by atoms with Crippen LogP contribution in [-0.2, 0) is 4.79 Å². The van der Waals surface area contributed by atoms with Gasteiger partial charge < -0.3 is 15.8 Å². The van der Waals surface area contributed by atoms with Gasteiger partial charge in [-0.25, -0.2) is 9.78 Å². The summed E-state index contributed by atoms with van der Waals surface area (Å²) in [5.41, 5.74) is 5.76. The van der Waals surface area contributed by atoms with Crippen molar-refractivity contribution in [2.24, 2.45) is 11.1 Å². The van der Waals surface area contributed by atoms with Gasteiger partial charge in [-0.05, 0) is 61.7 Å². The summed E-state index contributed by atoms with van der Waals surface area (Å²) < 4.78 is 5.86. The number of ether oxygens (including phenoxy) is 1. The summed E-state index contributed by atoms with van der Waals surface area (Å²) in [5.74, 6) is 0.469. The van der Waals surface area contributed by atoms with Crippen LogP contribution in [0.3, 0.4) is 0 Å². The van der Waals surface area contributed by atoms with Gasteiger partial charge in [-0.3, -0.25) is 14.5 Å². The Morgan fingerprint density at radius 2 is 2.14 bits per heavy atom. The second kappa shape index (κ2) is 7.27. The number of amides is 4. The average molecular weight is 404 g/mol. The Hall–Kier alpha value is -2.29. The number of carbonyl (C=O) groups excluding carboxylic acids is 3. The molecule has 9 heteroatoms. The van der Waals surface area contributed by atoms with Gasteiger partial charge in [-0.15, -0.1) is 0 Å². The third kappa shape index (κ3) is 3.32. The lowest BCUT2D eigenvalue weighted by Crippen LogP contribution is -2.60. The van der Waals surface area contributed by atoms with Gasteiger partial charge >= 0.3 is 6.03 Å². The molecule has 1 aromatic rings. The van der Waals surface area contributed by atoms with Gasteiger partial charge in [0.05, 0.1) is 0 Å². The van der Waals surface area contributed by atoms with Crippen LogP contribution in [0.1, 0.15) is 42.5 Å². The van der Waals surface area contributed by atoms with Crippen molar-refractivity contribution in [1.29, 1.82) is 0 Å². The average Bonchev–Trinajstić information content (AvgIpc) is 2.88. The molecule has 1 spiro atoms. The lowest BCUT2D eigenvalue weighted by molar-refractivity contribution is -0.140. The Kier molecular flexibility index (Phi) is 4.95. The number of primary amides is 1. The van der Waals surface area contributed by atoms with E-state index in [0.29, 0.717) is 6.42 Å². The monoisotopic (exact) mass is 404 g/mol. The quantitative estimate of drug-likeness (QED) is 0.666. The number of nitrogens with one attached hydrogen (secondary N) is 1. The minimum Gasteiger partial charge on any atom is -0.474 e. The third-order valence-electron chi connectivity index (χ3n) is 6.00. The van der Waals surface area contributed by atoms with Gasteiger partial charge in [0.1, 0.15) is 17.7 Å². The Morgan fingerprint density at radius 3 is 2.82 bits per heavy atom. The second-order valence-electron chi connectivity index (χ2n) is 7.92. The molecule has 8 nitrogen and oxygen atoms in total. The SMILES string of the molecule is CSCC[C@@H]1NC(=O)N(C2CC3(CC(Oc4ncccc4C(N)=O)C3)C2)C1=O. The lowest BCUT2D eigenvalue weighted by Gasteiger charge is -2.58. The number of aromatic nitrogens is 1. The van der Waals surface area contributed by atoms with Gasteiger partial charge in [0.15, 0.2) is 0 Å². The van der Waals surface area contributed by atoms with E-state index in [1.807, 2.05) is 6.26 Å². The highest BCUT2D eigenvalue weighted by Gasteiger charge is 2.58. The lowest BCUT2D eigenvalue weighted by atomic mass is 9.52. The van der Waals surface area contributed by atoms with Gasteiger partial charge in [0.25, 0.3) is 11.8 Å². The number of imide groups is 1. The first kappa shape index (κ1) is 19.0. The maximum absolute atomic E-state index is 12.5. The largest absolute Gasteiger partial charge is 0.474 e. The number of hydrogen-bond donors (Lipinski definition) is 2. The molecule has 0 bridgehead atoms. The molecule has 0 unspecified atom stereocenters. The fourth-order valence-electron chi connectivity index (χ4n) is 4.60. The van der Waals surface area contributed by atoms with Gasteiger partial charge in [0.2, 0.25) is 5.88 Å². The second-order valence-corrected chi connectivity index (χ2v) is 8.91.